The number of anilines is 1. The third kappa shape index (κ3) is 3.75. The molecule has 2 aromatic rings. The number of hydrogen-bond acceptors (Lipinski definition) is 5. The maximum absolute atomic E-state index is 13.1. The minimum atomic E-state index is -0.625. The van der Waals surface area contributed by atoms with E-state index in [0.717, 1.165) is 16.0 Å². The number of nitro groups is 1. The van der Waals surface area contributed by atoms with Crippen molar-refractivity contribution in [1.29, 1.82) is 0 Å². The maximum atomic E-state index is 13.1. The van der Waals surface area contributed by atoms with E-state index in [9.17, 15) is 14.5 Å². The molecule has 0 bridgehead atoms. The summed E-state index contributed by atoms with van der Waals surface area (Å²) in [5, 5.41) is 14.9. The van der Waals surface area contributed by atoms with Gasteiger partial charge in [-0.25, -0.2) is 9.37 Å². The van der Waals surface area contributed by atoms with Gasteiger partial charge in [-0.15, -0.1) is 11.3 Å². The van der Waals surface area contributed by atoms with Crippen LogP contribution >= 0.6 is 11.3 Å². The van der Waals surface area contributed by atoms with Gasteiger partial charge in [0.15, 0.2) is 0 Å². The number of aromatic nitrogens is 1. The Hall–Kier alpha value is -2.02. The highest BCUT2D eigenvalue weighted by Gasteiger charge is 2.19. The minimum absolute atomic E-state index is 0.0230. The molecule has 1 heterocycles. The van der Waals surface area contributed by atoms with Crippen LogP contribution in [0.25, 0.3) is 0 Å². The van der Waals surface area contributed by atoms with Gasteiger partial charge in [0.05, 0.1) is 22.5 Å². The van der Waals surface area contributed by atoms with Crippen LogP contribution in [0.2, 0.25) is 0 Å². The van der Waals surface area contributed by atoms with Gasteiger partial charge in [0.1, 0.15) is 11.5 Å². The molecule has 1 aromatic heterocycles. The number of hydrogen-bond donors (Lipinski definition) is 1. The van der Waals surface area contributed by atoms with Gasteiger partial charge in [0.2, 0.25) is 0 Å². The molecule has 0 amide bonds. The van der Waals surface area contributed by atoms with Crippen LogP contribution in [-0.2, 0) is 12.0 Å². The van der Waals surface area contributed by atoms with Gasteiger partial charge in [-0.3, -0.25) is 10.1 Å². The van der Waals surface area contributed by atoms with Crippen LogP contribution in [0.3, 0.4) is 0 Å². The van der Waals surface area contributed by atoms with Crippen molar-refractivity contribution in [3.05, 3.63) is 50.2 Å². The molecule has 21 heavy (non-hydrogen) atoms. The number of nitrogens with one attached hydrogen (secondary N) is 1. The molecule has 0 radical (unpaired) electrons. The summed E-state index contributed by atoms with van der Waals surface area (Å²) in [5.74, 6) is -0.625. The Morgan fingerprint density at radius 3 is 2.71 bits per heavy atom. The fraction of sp³-hybridized carbons (Fsp3) is 0.357. The quantitative estimate of drug-likeness (QED) is 0.682. The number of rotatable bonds is 4. The van der Waals surface area contributed by atoms with Crippen molar-refractivity contribution < 1.29 is 9.31 Å². The number of halogens is 1. The second kappa shape index (κ2) is 5.77. The Balaban J connectivity index is 2.13. The van der Waals surface area contributed by atoms with Crippen molar-refractivity contribution >= 4 is 22.7 Å². The summed E-state index contributed by atoms with van der Waals surface area (Å²) in [7, 11) is 0. The maximum Gasteiger partial charge on any atom is 0.295 e. The molecule has 0 aliphatic rings. The first kappa shape index (κ1) is 15.4. The highest BCUT2D eigenvalue weighted by molar-refractivity contribution is 7.11. The lowest BCUT2D eigenvalue weighted by Gasteiger charge is -2.13. The molecule has 112 valence electrons. The van der Waals surface area contributed by atoms with Gasteiger partial charge in [0.25, 0.3) is 5.69 Å². The fourth-order valence-electron chi connectivity index (χ4n) is 1.72. The third-order valence-electron chi connectivity index (χ3n) is 2.80. The largest absolute Gasteiger partial charge is 0.375 e. The van der Waals surface area contributed by atoms with E-state index < -0.39 is 10.7 Å². The normalized spacial score (nSPS) is 11.4. The van der Waals surface area contributed by atoms with Gasteiger partial charge >= 0.3 is 0 Å². The van der Waals surface area contributed by atoms with Crippen molar-refractivity contribution in [2.75, 3.05) is 5.32 Å². The Labute approximate surface area is 126 Å². The summed E-state index contributed by atoms with van der Waals surface area (Å²) in [5.41, 5.74) is 0.00722. The van der Waals surface area contributed by atoms with E-state index in [1.165, 1.54) is 12.1 Å². The van der Waals surface area contributed by atoms with E-state index in [-0.39, 0.29) is 11.1 Å². The standard InChI is InChI=1S/C14H16FN3O2S/c1-14(2,3)13-17-8-10(21-13)7-16-11-5-4-9(15)6-12(11)18(19)20/h4-6,8,16H,7H2,1-3H3. The predicted molar refractivity (Wildman–Crippen MR) is 81.2 cm³/mol. The highest BCUT2D eigenvalue weighted by Crippen LogP contribution is 2.29. The monoisotopic (exact) mass is 309 g/mol. The van der Waals surface area contributed by atoms with Crippen LogP contribution in [0.5, 0.6) is 0 Å². The van der Waals surface area contributed by atoms with Crippen LogP contribution in [0.1, 0.15) is 30.7 Å². The summed E-state index contributed by atoms with van der Waals surface area (Å²) in [6.07, 6.45) is 1.76. The van der Waals surface area contributed by atoms with Gasteiger partial charge in [0, 0.05) is 16.5 Å². The Morgan fingerprint density at radius 2 is 2.14 bits per heavy atom. The SMILES string of the molecule is CC(C)(C)c1ncc(CNc2ccc(F)cc2[N+](=O)[O-])s1. The van der Waals surface area contributed by atoms with E-state index in [4.69, 9.17) is 0 Å². The van der Waals surface area contributed by atoms with Crippen LogP contribution < -0.4 is 5.32 Å². The molecule has 0 saturated carbocycles. The summed E-state index contributed by atoms with van der Waals surface area (Å²) < 4.78 is 13.1. The first-order valence-electron chi connectivity index (χ1n) is 6.40. The molecule has 0 fully saturated rings. The molecule has 0 unspecified atom stereocenters. The van der Waals surface area contributed by atoms with Crippen molar-refractivity contribution in [1.82, 2.24) is 4.98 Å². The van der Waals surface area contributed by atoms with E-state index in [1.807, 2.05) is 0 Å². The lowest BCUT2D eigenvalue weighted by atomic mass is 9.98. The van der Waals surface area contributed by atoms with Crippen molar-refractivity contribution in [2.45, 2.75) is 32.7 Å². The average molecular weight is 309 g/mol. The van der Waals surface area contributed by atoms with Gasteiger partial charge in [-0.1, -0.05) is 20.8 Å². The van der Waals surface area contributed by atoms with E-state index in [0.29, 0.717) is 12.2 Å². The van der Waals surface area contributed by atoms with Crippen LogP contribution in [0, 0.1) is 15.9 Å². The molecule has 2 rings (SSSR count). The molecule has 0 atom stereocenters. The van der Waals surface area contributed by atoms with E-state index in [2.05, 4.69) is 31.1 Å². The predicted octanol–water partition coefficient (Wildman–Crippen LogP) is 4.10. The van der Waals surface area contributed by atoms with Crippen molar-refractivity contribution in [3.63, 3.8) is 0 Å². The lowest BCUT2D eigenvalue weighted by Crippen LogP contribution is -2.09. The van der Waals surface area contributed by atoms with Gasteiger partial charge in [-0.05, 0) is 12.1 Å². The van der Waals surface area contributed by atoms with Crippen molar-refractivity contribution in [3.8, 4) is 0 Å². The molecule has 0 aliphatic heterocycles. The smallest absolute Gasteiger partial charge is 0.295 e. The molecule has 0 aliphatic carbocycles. The lowest BCUT2D eigenvalue weighted by molar-refractivity contribution is -0.384. The Bertz CT molecular complexity index is 664. The molecular weight excluding hydrogens is 293 g/mol. The first-order valence-corrected chi connectivity index (χ1v) is 7.22. The zero-order valence-corrected chi connectivity index (χ0v) is 12.8. The second-order valence-electron chi connectivity index (χ2n) is 5.65. The second-order valence-corrected chi connectivity index (χ2v) is 6.77. The highest BCUT2D eigenvalue weighted by atomic mass is 32.1. The fourth-order valence-corrected chi connectivity index (χ4v) is 2.63. The Morgan fingerprint density at radius 1 is 1.43 bits per heavy atom. The molecule has 0 spiro atoms. The summed E-state index contributed by atoms with van der Waals surface area (Å²) in [4.78, 5) is 15.6. The molecule has 1 N–H and O–H groups in total. The number of nitro benzene ring substituents is 1. The minimum Gasteiger partial charge on any atom is -0.375 e. The number of benzene rings is 1. The van der Waals surface area contributed by atoms with Crippen LogP contribution in [0.4, 0.5) is 15.8 Å². The topological polar surface area (TPSA) is 68.1 Å². The van der Waals surface area contributed by atoms with Crippen LogP contribution in [-0.4, -0.2) is 9.91 Å². The zero-order chi connectivity index (χ0) is 15.6. The molecule has 0 saturated heterocycles. The third-order valence-corrected chi connectivity index (χ3v) is 4.23. The summed E-state index contributed by atoms with van der Waals surface area (Å²) in [6.45, 7) is 6.65. The summed E-state index contributed by atoms with van der Waals surface area (Å²) in [6, 6.07) is 3.48. The van der Waals surface area contributed by atoms with Crippen LogP contribution in [0.15, 0.2) is 24.4 Å². The van der Waals surface area contributed by atoms with E-state index >= 15 is 0 Å². The van der Waals surface area contributed by atoms with Gasteiger partial charge in [-0.2, -0.15) is 0 Å². The van der Waals surface area contributed by atoms with Crippen molar-refractivity contribution in [2.24, 2.45) is 0 Å². The average Bonchev–Trinajstić information content (AvgIpc) is 2.85. The molecular formula is C14H16FN3O2S. The van der Waals surface area contributed by atoms with Gasteiger partial charge < -0.3 is 5.32 Å². The molecule has 1 aromatic carbocycles. The molecule has 7 heteroatoms. The first-order chi connectivity index (χ1) is 9.77. The van der Waals surface area contributed by atoms with E-state index in [1.54, 1.807) is 17.5 Å². The zero-order valence-electron chi connectivity index (χ0n) is 12.0. The number of nitrogens with zero attached hydrogens (tertiary/aromatic N) is 2. The number of thiazole rings is 1. The molecule has 5 nitrogen and oxygen atoms in total. The summed E-state index contributed by atoms with van der Waals surface area (Å²) >= 11 is 1.56. The Kier molecular flexibility index (Phi) is 4.22.